The minimum absolute atomic E-state index is 0.847. The molecule has 0 aliphatic rings. The van der Waals surface area contributed by atoms with Crippen molar-refractivity contribution in [3.8, 4) is 17.1 Å². The van der Waals surface area contributed by atoms with Gasteiger partial charge in [0.1, 0.15) is 11.6 Å². The summed E-state index contributed by atoms with van der Waals surface area (Å²) in [6, 6.07) is 12.3. The largest absolute Gasteiger partial charge is 0.496 e. The van der Waals surface area contributed by atoms with Gasteiger partial charge in [0.15, 0.2) is 0 Å². The van der Waals surface area contributed by atoms with Crippen LogP contribution in [-0.2, 0) is 7.05 Å². The van der Waals surface area contributed by atoms with E-state index in [-0.39, 0.29) is 0 Å². The highest BCUT2D eigenvalue weighted by Gasteiger charge is 2.14. The summed E-state index contributed by atoms with van der Waals surface area (Å²) in [6.45, 7) is 4.25. The van der Waals surface area contributed by atoms with Crippen LogP contribution in [-0.4, -0.2) is 16.7 Å². The second-order valence-electron chi connectivity index (χ2n) is 5.12. The second kappa shape index (κ2) is 4.67. The van der Waals surface area contributed by atoms with Crippen molar-refractivity contribution < 1.29 is 4.74 Å². The Morgan fingerprint density at radius 3 is 2.50 bits per heavy atom. The maximum atomic E-state index is 5.44. The van der Waals surface area contributed by atoms with Gasteiger partial charge in [-0.1, -0.05) is 12.1 Å². The van der Waals surface area contributed by atoms with Crippen LogP contribution in [0.3, 0.4) is 0 Å². The maximum absolute atomic E-state index is 5.44. The average Bonchev–Trinajstić information content (AvgIpc) is 2.76. The number of hydrogen-bond acceptors (Lipinski definition) is 2. The van der Waals surface area contributed by atoms with Crippen molar-refractivity contribution in [1.82, 2.24) is 9.55 Å². The molecule has 3 nitrogen and oxygen atoms in total. The predicted octanol–water partition coefficient (Wildman–Crippen LogP) is 3.87. The first-order chi connectivity index (χ1) is 9.61. The number of rotatable bonds is 2. The van der Waals surface area contributed by atoms with Crippen LogP contribution >= 0.6 is 0 Å². The first-order valence-corrected chi connectivity index (χ1v) is 6.69. The molecular formula is C17H18N2O. The van der Waals surface area contributed by atoms with Gasteiger partial charge in [0, 0.05) is 7.05 Å². The van der Waals surface area contributed by atoms with E-state index in [0.717, 1.165) is 28.2 Å². The van der Waals surface area contributed by atoms with Crippen molar-refractivity contribution in [2.24, 2.45) is 7.05 Å². The molecule has 20 heavy (non-hydrogen) atoms. The minimum Gasteiger partial charge on any atom is -0.496 e. The molecule has 102 valence electrons. The van der Waals surface area contributed by atoms with Crippen molar-refractivity contribution in [3.05, 3.63) is 47.5 Å². The van der Waals surface area contributed by atoms with Gasteiger partial charge in [0.2, 0.25) is 0 Å². The Balaban J connectivity index is 2.29. The quantitative estimate of drug-likeness (QED) is 0.704. The third-order valence-corrected chi connectivity index (χ3v) is 3.84. The minimum atomic E-state index is 0.847. The van der Waals surface area contributed by atoms with Crippen molar-refractivity contribution in [3.63, 3.8) is 0 Å². The Morgan fingerprint density at radius 1 is 1.05 bits per heavy atom. The summed E-state index contributed by atoms with van der Waals surface area (Å²) in [5.41, 5.74) is 5.74. The Kier molecular flexibility index (Phi) is 2.97. The van der Waals surface area contributed by atoms with E-state index in [9.17, 15) is 0 Å². The molecule has 0 unspecified atom stereocenters. The van der Waals surface area contributed by atoms with E-state index in [0.29, 0.717) is 0 Å². The molecule has 0 N–H and O–H groups in total. The number of nitrogens with zero attached hydrogens (tertiary/aromatic N) is 2. The number of aryl methyl sites for hydroxylation is 3. The number of benzene rings is 2. The molecule has 0 aliphatic carbocycles. The van der Waals surface area contributed by atoms with Gasteiger partial charge < -0.3 is 9.30 Å². The molecule has 0 radical (unpaired) electrons. The van der Waals surface area contributed by atoms with Crippen LogP contribution in [0.15, 0.2) is 36.4 Å². The number of fused-ring (bicyclic) bond motifs is 1. The van der Waals surface area contributed by atoms with Gasteiger partial charge in [-0.15, -0.1) is 0 Å². The summed E-state index contributed by atoms with van der Waals surface area (Å²) in [6.07, 6.45) is 0. The molecule has 0 amide bonds. The molecular weight excluding hydrogens is 248 g/mol. The lowest BCUT2D eigenvalue weighted by Crippen LogP contribution is -1.95. The van der Waals surface area contributed by atoms with Crippen LogP contribution < -0.4 is 4.74 Å². The number of para-hydroxylation sites is 1. The SMILES string of the molecule is COc1ccccc1-c1nc2cc(C)c(C)cc2n1C. The highest BCUT2D eigenvalue weighted by atomic mass is 16.5. The van der Waals surface area contributed by atoms with E-state index in [2.05, 4.69) is 30.5 Å². The van der Waals surface area contributed by atoms with Gasteiger partial charge >= 0.3 is 0 Å². The molecule has 0 aliphatic heterocycles. The Morgan fingerprint density at radius 2 is 1.75 bits per heavy atom. The van der Waals surface area contributed by atoms with E-state index in [1.165, 1.54) is 11.1 Å². The lowest BCUT2D eigenvalue weighted by molar-refractivity contribution is 0.416. The number of ether oxygens (including phenoxy) is 1. The molecule has 0 fully saturated rings. The number of imidazole rings is 1. The van der Waals surface area contributed by atoms with Crippen molar-refractivity contribution in [2.45, 2.75) is 13.8 Å². The van der Waals surface area contributed by atoms with Gasteiger partial charge in [0.25, 0.3) is 0 Å². The lowest BCUT2D eigenvalue weighted by Gasteiger charge is -2.08. The van der Waals surface area contributed by atoms with Crippen LogP contribution in [0.4, 0.5) is 0 Å². The van der Waals surface area contributed by atoms with E-state index in [4.69, 9.17) is 9.72 Å². The molecule has 1 aromatic heterocycles. The Hall–Kier alpha value is -2.29. The van der Waals surface area contributed by atoms with Gasteiger partial charge in [-0.05, 0) is 49.2 Å². The molecule has 2 aromatic carbocycles. The monoisotopic (exact) mass is 266 g/mol. The molecule has 0 saturated heterocycles. The fourth-order valence-electron chi connectivity index (χ4n) is 2.52. The number of hydrogen-bond donors (Lipinski definition) is 0. The fraction of sp³-hybridized carbons (Fsp3) is 0.235. The van der Waals surface area contributed by atoms with Gasteiger partial charge in [-0.3, -0.25) is 0 Å². The topological polar surface area (TPSA) is 27.1 Å². The van der Waals surface area contributed by atoms with Crippen molar-refractivity contribution in [2.75, 3.05) is 7.11 Å². The summed E-state index contributed by atoms with van der Waals surface area (Å²) < 4.78 is 7.57. The number of methoxy groups -OCH3 is 1. The van der Waals surface area contributed by atoms with Gasteiger partial charge in [0.05, 0.1) is 23.7 Å². The first kappa shape index (κ1) is 12.7. The molecule has 0 bridgehead atoms. The third kappa shape index (κ3) is 1.86. The normalized spacial score (nSPS) is 11.0. The summed E-state index contributed by atoms with van der Waals surface area (Å²) in [4.78, 5) is 4.78. The summed E-state index contributed by atoms with van der Waals surface area (Å²) in [5.74, 6) is 1.78. The lowest BCUT2D eigenvalue weighted by atomic mass is 10.1. The van der Waals surface area contributed by atoms with Crippen LogP contribution in [0.2, 0.25) is 0 Å². The summed E-state index contributed by atoms with van der Waals surface area (Å²) >= 11 is 0. The third-order valence-electron chi connectivity index (χ3n) is 3.84. The smallest absolute Gasteiger partial charge is 0.144 e. The fourth-order valence-corrected chi connectivity index (χ4v) is 2.52. The van der Waals surface area contributed by atoms with Crippen molar-refractivity contribution >= 4 is 11.0 Å². The van der Waals surface area contributed by atoms with Gasteiger partial charge in [-0.2, -0.15) is 0 Å². The molecule has 0 saturated carbocycles. The highest BCUT2D eigenvalue weighted by Crippen LogP contribution is 2.31. The van der Waals surface area contributed by atoms with Crippen LogP contribution in [0.25, 0.3) is 22.4 Å². The van der Waals surface area contributed by atoms with E-state index in [1.54, 1.807) is 7.11 Å². The first-order valence-electron chi connectivity index (χ1n) is 6.69. The Bertz CT molecular complexity index is 787. The molecule has 0 atom stereocenters. The summed E-state index contributed by atoms with van der Waals surface area (Å²) in [7, 11) is 3.74. The zero-order chi connectivity index (χ0) is 14.3. The zero-order valence-electron chi connectivity index (χ0n) is 12.3. The molecule has 1 heterocycles. The average molecular weight is 266 g/mol. The molecule has 3 heteroatoms. The van der Waals surface area contributed by atoms with Crippen LogP contribution in [0.5, 0.6) is 5.75 Å². The van der Waals surface area contributed by atoms with E-state index >= 15 is 0 Å². The van der Waals surface area contributed by atoms with Crippen LogP contribution in [0.1, 0.15) is 11.1 Å². The standard InChI is InChI=1S/C17H18N2O/c1-11-9-14-15(10-12(11)2)19(3)17(18-14)13-7-5-6-8-16(13)20-4/h5-10H,1-4H3. The van der Waals surface area contributed by atoms with Crippen LogP contribution in [0, 0.1) is 13.8 Å². The summed E-state index contributed by atoms with van der Waals surface area (Å²) in [5, 5.41) is 0. The Labute approximate surface area is 118 Å². The zero-order valence-corrected chi connectivity index (χ0v) is 12.3. The van der Waals surface area contributed by atoms with E-state index in [1.807, 2.05) is 31.3 Å². The molecule has 3 rings (SSSR count). The van der Waals surface area contributed by atoms with Crippen molar-refractivity contribution in [1.29, 1.82) is 0 Å². The molecule has 0 spiro atoms. The number of aromatic nitrogens is 2. The second-order valence-corrected chi connectivity index (χ2v) is 5.12. The van der Waals surface area contributed by atoms with E-state index < -0.39 is 0 Å². The molecule has 3 aromatic rings. The van der Waals surface area contributed by atoms with Gasteiger partial charge in [-0.25, -0.2) is 4.98 Å². The predicted molar refractivity (Wildman–Crippen MR) is 82.2 cm³/mol. The highest BCUT2D eigenvalue weighted by molar-refractivity contribution is 5.83. The maximum Gasteiger partial charge on any atom is 0.144 e.